The van der Waals surface area contributed by atoms with Crippen LogP contribution < -0.4 is 0 Å². The molecule has 4 nitrogen and oxygen atoms in total. The fourth-order valence-corrected chi connectivity index (χ4v) is 3.32. The molecular weight excluding hydrogens is 324 g/mol. The molecule has 0 saturated carbocycles. The second kappa shape index (κ2) is 7.56. The minimum absolute atomic E-state index is 0.00166. The van der Waals surface area contributed by atoms with Gasteiger partial charge in [-0.25, -0.2) is 0 Å². The van der Waals surface area contributed by atoms with E-state index in [1.165, 1.54) is 0 Å². The summed E-state index contributed by atoms with van der Waals surface area (Å²) in [6.07, 6.45) is 1.47. The van der Waals surface area contributed by atoms with Crippen LogP contribution in [0.3, 0.4) is 0 Å². The van der Waals surface area contributed by atoms with Gasteiger partial charge >= 0.3 is 0 Å². The molecule has 0 bridgehead atoms. The summed E-state index contributed by atoms with van der Waals surface area (Å²) in [5.41, 5.74) is 0.666. The van der Waals surface area contributed by atoms with E-state index in [-0.39, 0.29) is 23.1 Å². The molecule has 0 radical (unpaired) electrons. The van der Waals surface area contributed by atoms with E-state index in [2.05, 4.69) is 0 Å². The number of rotatable bonds is 3. The Morgan fingerprint density at radius 1 is 1.25 bits per heavy atom. The van der Waals surface area contributed by atoms with Crippen LogP contribution in [0.25, 0.3) is 0 Å². The number of benzene rings is 1. The number of piperidine rings is 1. The SMILES string of the molecule is CN(Cc1cccc(Cl)c1)C(=O)C1CCN(C(=O)C(C)(C)C)CC1. The summed E-state index contributed by atoms with van der Waals surface area (Å²) >= 11 is 6.00. The molecule has 1 fully saturated rings. The summed E-state index contributed by atoms with van der Waals surface area (Å²) in [5, 5.41) is 0.683. The maximum absolute atomic E-state index is 12.7. The largest absolute Gasteiger partial charge is 0.342 e. The number of hydrogen-bond donors (Lipinski definition) is 0. The third-order valence-corrected chi connectivity index (χ3v) is 4.69. The van der Waals surface area contributed by atoms with E-state index in [0.717, 1.165) is 18.4 Å². The molecule has 0 N–H and O–H groups in total. The average molecular weight is 351 g/mol. The van der Waals surface area contributed by atoms with Crippen LogP contribution in [0.15, 0.2) is 24.3 Å². The molecule has 1 aromatic carbocycles. The van der Waals surface area contributed by atoms with E-state index >= 15 is 0 Å². The number of nitrogens with zero attached hydrogens (tertiary/aromatic N) is 2. The average Bonchev–Trinajstić information content (AvgIpc) is 2.52. The highest BCUT2D eigenvalue weighted by atomic mass is 35.5. The van der Waals surface area contributed by atoms with Crippen molar-refractivity contribution >= 4 is 23.4 Å². The molecular formula is C19H27ClN2O2. The lowest BCUT2D eigenvalue weighted by Crippen LogP contribution is -2.46. The summed E-state index contributed by atoms with van der Waals surface area (Å²) in [6, 6.07) is 7.58. The number of carbonyl (C=O) groups is 2. The highest BCUT2D eigenvalue weighted by molar-refractivity contribution is 6.30. The first kappa shape index (κ1) is 18.8. The van der Waals surface area contributed by atoms with Crippen molar-refractivity contribution in [1.82, 2.24) is 9.80 Å². The Morgan fingerprint density at radius 2 is 1.88 bits per heavy atom. The highest BCUT2D eigenvalue weighted by Crippen LogP contribution is 2.25. The Hall–Kier alpha value is -1.55. The quantitative estimate of drug-likeness (QED) is 0.836. The minimum atomic E-state index is -0.361. The number of hydrogen-bond acceptors (Lipinski definition) is 2. The van der Waals surface area contributed by atoms with Gasteiger partial charge in [0.1, 0.15) is 0 Å². The molecule has 0 atom stereocenters. The first-order valence-corrected chi connectivity index (χ1v) is 8.85. The van der Waals surface area contributed by atoms with Crippen LogP contribution in [0.2, 0.25) is 5.02 Å². The Bertz CT molecular complexity index is 602. The zero-order chi connectivity index (χ0) is 17.9. The normalized spacial score (nSPS) is 16.1. The number of likely N-dealkylation sites (tertiary alicyclic amines) is 1. The van der Waals surface area contributed by atoms with Gasteiger partial charge < -0.3 is 9.80 Å². The van der Waals surface area contributed by atoms with Crippen LogP contribution in [0.1, 0.15) is 39.2 Å². The van der Waals surface area contributed by atoms with Crippen LogP contribution in [-0.2, 0) is 16.1 Å². The first-order chi connectivity index (χ1) is 11.2. The molecule has 24 heavy (non-hydrogen) atoms. The zero-order valence-electron chi connectivity index (χ0n) is 15.0. The van der Waals surface area contributed by atoms with Gasteiger partial charge in [-0.2, -0.15) is 0 Å². The third kappa shape index (κ3) is 4.73. The van der Waals surface area contributed by atoms with Gasteiger partial charge in [-0.05, 0) is 30.5 Å². The predicted molar refractivity (Wildman–Crippen MR) is 96.7 cm³/mol. The molecule has 1 heterocycles. The second-order valence-corrected chi connectivity index (χ2v) is 8.08. The molecule has 5 heteroatoms. The van der Waals surface area contributed by atoms with Crippen molar-refractivity contribution in [3.63, 3.8) is 0 Å². The summed E-state index contributed by atoms with van der Waals surface area (Å²) in [6.45, 7) is 7.69. The van der Waals surface area contributed by atoms with Crippen molar-refractivity contribution < 1.29 is 9.59 Å². The Morgan fingerprint density at radius 3 is 2.42 bits per heavy atom. The van der Waals surface area contributed by atoms with E-state index in [1.54, 1.807) is 4.90 Å². The molecule has 0 unspecified atom stereocenters. The zero-order valence-corrected chi connectivity index (χ0v) is 15.8. The van der Waals surface area contributed by atoms with Crippen molar-refractivity contribution in [2.24, 2.45) is 11.3 Å². The fraction of sp³-hybridized carbons (Fsp3) is 0.579. The smallest absolute Gasteiger partial charge is 0.227 e. The molecule has 0 spiro atoms. The first-order valence-electron chi connectivity index (χ1n) is 8.47. The van der Waals surface area contributed by atoms with E-state index in [9.17, 15) is 9.59 Å². The van der Waals surface area contributed by atoms with Crippen LogP contribution in [-0.4, -0.2) is 41.8 Å². The monoisotopic (exact) mass is 350 g/mol. The van der Waals surface area contributed by atoms with Gasteiger partial charge in [0.15, 0.2) is 0 Å². The topological polar surface area (TPSA) is 40.6 Å². The van der Waals surface area contributed by atoms with Gasteiger partial charge in [-0.15, -0.1) is 0 Å². The lowest BCUT2D eigenvalue weighted by molar-refractivity contribution is -0.144. The number of halogens is 1. The molecule has 132 valence electrons. The number of carbonyl (C=O) groups excluding carboxylic acids is 2. The molecule has 2 rings (SSSR count). The standard InChI is InChI=1S/C19H27ClN2O2/c1-19(2,3)18(24)22-10-8-15(9-11-22)17(23)21(4)13-14-6-5-7-16(20)12-14/h5-7,12,15H,8-11,13H2,1-4H3. The lowest BCUT2D eigenvalue weighted by atomic mass is 9.90. The summed E-state index contributed by atoms with van der Waals surface area (Å²) in [4.78, 5) is 28.6. The van der Waals surface area contributed by atoms with E-state index in [4.69, 9.17) is 11.6 Å². The van der Waals surface area contributed by atoms with E-state index in [1.807, 2.05) is 57.0 Å². The Kier molecular flexibility index (Phi) is 5.92. The number of amides is 2. The van der Waals surface area contributed by atoms with Crippen molar-refractivity contribution in [2.75, 3.05) is 20.1 Å². The maximum atomic E-state index is 12.7. The van der Waals surface area contributed by atoms with Gasteiger partial charge in [0.2, 0.25) is 11.8 Å². The molecule has 1 aliphatic heterocycles. The summed E-state index contributed by atoms with van der Waals surface area (Å²) < 4.78 is 0. The minimum Gasteiger partial charge on any atom is -0.342 e. The lowest BCUT2D eigenvalue weighted by Gasteiger charge is -2.36. The van der Waals surface area contributed by atoms with Crippen LogP contribution in [0, 0.1) is 11.3 Å². The van der Waals surface area contributed by atoms with Gasteiger partial charge in [0.05, 0.1) is 0 Å². The van der Waals surface area contributed by atoms with E-state index in [0.29, 0.717) is 24.7 Å². The van der Waals surface area contributed by atoms with Crippen molar-refractivity contribution in [1.29, 1.82) is 0 Å². The Balaban J connectivity index is 1.89. The van der Waals surface area contributed by atoms with Crippen LogP contribution >= 0.6 is 11.6 Å². The second-order valence-electron chi connectivity index (χ2n) is 7.64. The molecule has 0 aromatic heterocycles. The van der Waals surface area contributed by atoms with Crippen LogP contribution in [0.5, 0.6) is 0 Å². The van der Waals surface area contributed by atoms with Gasteiger partial charge in [0.25, 0.3) is 0 Å². The molecule has 0 aliphatic carbocycles. The van der Waals surface area contributed by atoms with Crippen molar-refractivity contribution in [3.05, 3.63) is 34.9 Å². The molecule has 2 amide bonds. The highest BCUT2D eigenvalue weighted by Gasteiger charge is 2.33. The summed E-state index contributed by atoms with van der Waals surface area (Å²) in [7, 11) is 1.83. The summed E-state index contributed by atoms with van der Waals surface area (Å²) in [5.74, 6) is 0.316. The van der Waals surface area contributed by atoms with Crippen molar-refractivity contribution in [3.8, 4) is 0 Å². The molecule has 1 saturated heterocycles. The van der Waals surface area contributed by atoms with Crippen molar-refractivity contribution in [2.45, 2.75) is 40.2 Å². The molecule has 1 aliphatic rings. The fourth-order valence-electron chi connectivity index (χ4n) is 3.10. The third-order valence-electron chi connectivity index (χ3n) is 4.46. The van der Waals surface area contributed by atoms with Crippen LogP contribution in [0.4, 0.5) is 0 Å². The maximum Gasteiger partial charge on any atom is 0.227 e. The van der Waals surface area contributed by atoms with E-state index < -0.39 is 0 Å². The van der Waals surface area contributed by atoms with Gasteiger partial charge in [-0.1, -0.05) is 44.5 Å². The van der Waals surface area contributed by atoms with Gasteiger partial charge in [0, 0.05) is 43.0 Å². The van der Waals surface area contributed by atoms with Gasteiger partial charge in [-0.3, -0.25) is 9.59 Å². The predicted octanol–water partition coefficient (Wildman–Crippen LogP) is 3.58. The molecule has 1 aromatic rings. The Labute approximate surface area is 149 Å².